The molecule has 4 heterocycles. The first-order valence-corrected chi connectivity index (χ1v) is 26.0. The fraction of sp³-hybridized carbons (Fsp3) is 0.0625. The molecule has 0 saturated carbocycles. The van der Waals surface area contributed by atoms with E-state index in [1.54, 1.807) is 0 Å². The van der Waals surface area contributed by atoms with Crippen LogP contribution in [-0.2, 0) is 26.5 Å². The van der Waals surface area contributed by atoms with Crippen molar-refractivity contribution >= 4 is 73.4 Å². The van der Waals surface area contributed by atoms with Crippen LogP contribution in [0.5, 0.6) is 11.5 Å². The number of hydrogen-bond donors (Lipinski definition) is 0. The van der Waals surface area contributed by atoms with Crippen LogP contribution in [0.4, 0.5) is 22.7 Å². The van der Waals surface area contributed by atoms with Crippen molar-refractivity contribution in [3.63, 3.8) is 0 Å². The number of ether oxygens (including phenoxy) is 1. The molecule has 9 aromatic carbocycles. The van der Waals surface area contributed by atoms with Crippen LogP contribution in [0.3, 0.4) is 0 Å². The molecule has 0 spiro atoms. The molecule has 5 nitrogen and oxygen atoms in total. The summed E-state index contributed by atoms with van der Waals surface area (Å²) in [5.41, 5.74) is 11.9. The maximum Gasteiger partial charge on any atom is 0.155 e. The molecule has 11 aromatic rings. The van der Waals surface area contributed by atoms with Gasteiger partial charge in [-0.05, 0) is 73.4 Å². The summed E-state index contributed by atoms with van der Waals surface area (Å²) in [7, 11) is -2.88. The number of fused-ring (bicyclic) bond motifs is 1. The average Bonchev–Trinajstić information content (AvgIpc) is 4.07. The Kier molecular flexibility index (Phi) is 11.0. The number of anilines is 4. The van der Waals surface area contributed by atoms with Crippen molar-refractivity contribution < 1.29 is 25.8 Å². The van der Waals surface area contributed by atoms with Gasteiger partial charge in [0.15, 0.2) is 8.07 Å². The van der Waals surface area contributed by atoms with Crippen LogP contribution in [0.15, 0.2) is 225 Å². The monoisotopic (exact) mass is 1110 g/mol. The van der Waals surface area contributed by atoms with Crippen molar-refractivity contribution in [2.45, 2.75) is 26.2 Å². The van der Waals surface area contributed by atoms with E-state index in [4.69, 9.17) is 9.72 Å². The first-order valence-electron chi connectivity index (χ1n) is 24.0. The van der Waals surface area contributed by atoms with Crippen LogP contribution in [-0.4, -0.2) is 17.6 Å². The molecular formula is C64H47N4OPtSi-3. The number of rotatable bonds is 9. The van der Waals surface area contributed by atoms with Crippen LogP contribution < -0.4 is 35.3 Å². The summed E-state index contributed by atoms with van der Waals surface area (Å²) >= 11 is 0. The third kappa shape index (κ3) is 7.19. The third-order valence-corrected chi connectivity index (χ3v) is 19.0. The zero-order valence-electron chi connectivity index (χ0n) is 39.5. The molecule has 71 heavy (non-hydrogen) atoms. The second kappa shape index (κ2) is 17.6. The van der Waals surface area contributed by atoms with E-state index < -0.39 is 8.07 Å². The van der Waals surface area contributed by atoms with Crippen LogP contribution in [0, 0.1) is 18.8 Å². The van der Waals surface area contributed by atoms with Gasteiger partial charge < -0.3 is 19.1 Å². The molecule has 13 rings (SSSR count). The summed E-state index contributed by atoms with van der Waals surface area (Å²) in [6, 6.07) is 86.0. The molecule has 0 aliphatic carbocycles. The van der Waals surface area contributed by atoms with Crippen molar-refractivity contribution in [2.75, 3.05) is 9.80 Å². The van der Waals surface area contributed by atoms with E-state index in [0.29, 0.717) is 11.5 Å². The van der Waals surface area contributed by atoms with E-state index in [2.05, 4.69) is 266 Å². The van der Waals surface area contributed by atoms with Crippen LogP contribution >= 0.6 is 0 Å². The summed E-state index contributed by atoms with van der Waals surface area (Å²) in [5.74, 6) is 2.09. The SMILES string of the molecule is CC(C)(C)c1ccnc(-n2c3[c-]c(Oc4[c-]c(N5[CH-]N(c6c(-c7ccccc7)cccc6-c6ccccc6)c6ccccc65)ccc4)cc4c3c3c(cccc32)[Si]4(c2ccccc2)c2ccccc2)c1.[Pt]. The van der Waals surface area contributed by atoms with E-state index in [0.717, 1.165) is 61.9 Å². The first-order chi connectivity index (χ1) is 34.4. The van der Waals surface area contributed by atoms with Crippen LogP contribution in [0.1, 0.15) is 26.3 Å². The number of nitrogens with zero attached hydrogens (tertiary/aromatic N) is 4. The predicted octanol–water partition coefficient (Wildman–Crippen LogP) is 13.3. The Morgan fingerprint density at radius 1 is 0.521 bits per heavy atom. The van der Waals surface area contributed by atoms with Crippen molar-refractivity contribution in [3.05, 3.63) is 249 Å². The minimum Gasteiger partial charge on any atom is -0.509 e. The summed E-state index contributed by atoms with van der Waals surface area (Å²) < 4.78 is 9.42. The van der Waals surface area contributed by atoms with Gasteiger partial charge in [-0.2, -0.15) is 6.07 Å². The molecule has 7 heteroatoms. The molecule has 0 N–H and O–H groups in total. The second-order valence-corrected chi connectivity index (χ2v) is 23.0. The fourth-order valence-corrected chi connectivity index (χ4v) is 16.2. The van der Waals surface area contributed by atoms with E-state index in [1.165, 1.54) is 37.1 Å². The van der Waals surface area contributed by atoms with Crippen molar-refractivity contribution in [1.29, 1.82) is 0 Å². The predicted molar refractivity (Wildman–Crippen MR) is 291 cm³/mol. The molecule has 2 aromatic heterocycles. The number of hydrogen-bond acceptors (Lipinski definition) is 4. The van der Waals surface area contributed by atoms with Gasteiger partial charge in [0.2, 0.25) is 0 Å². The Morgan fingerprint density at radius 3 is 1.73 bits per heavy atom. The Balaban J connectivity index is 0.00000517. The maximum absolute atomic E-state index is 7.12. The van der Waals surface area contributed by atoms with E-state index in [1.807, 2.05) is 12.3 Å². The molecule has 0 fully saturated rings. The molecule has 0 bridgehead atoms. The van der Waals surface area contributed by atoms with Gasteiger partial charge in [0.1, 0.15) is 5.82 Å². The Bertz CT molecular complexity index is 3680. The number of aromatic nitrogens is 2. The summed E-state index contributed by atoms with van der Waals surface area (Å²) in [5, 5.41) is 7.78. The van der Waals surface area contributed by atoms with Crippen LogP contribution in [0.25, 0.3) is 49.9 Å². The average molecular weight is 1110 g/mol. The summed E-state index contributed by atoms with van der Waals surface area (Å²) in [6.07, 6.45) is 1.94. The van der Waals surface area contributed by atoms with Crippen molar-refractivity contribution in [3.8, 4) is 39.6 Å². The zero-order chi connectivity index (χ0) is 47.0. The molecule has 0 radical (unpaired) electrons. The standard InChI is InChI=1S/C64H47N4OSi.Pt/c1-64(2,3)46-37-38-65-60(39-46)68-56-35-20-36-58-61(56)62-57(68)41-49(42-59(62)70(58,50-27-12-6-13-28-50)51-29-14-7-15-30-51)69-48-26-18-25-47(40-48)66-43-67(55-34-17-16-33-54(55)66)63-52(44-21-8-4-9-22-44)31-19-32-53(63)45-23-10-5-11-24-45;/h4-39,42-43H,1-3H3;/q-3;. The first kappa shape index (κ1) is 44.4. The molecule has 2 aliphatic heterocycles. The fourth-order valence-electron chi connectivity index (χ4n) is 11.0. The molecule has 0 atom stereocenters. The topological polar surface area (TPSA) is 33.5 Å². The van der Waals surface area contributed by atoms with Crippen LogP contribution in [0.2, 0.25) is 0 Å². The van der Waals surface area contributed by atoms with Gasteiger partial charge in [0, 0.05) is 72.5 Å². The smallest absolute Gasteiger partial charge is 0.155 e. The van der Waals surface area contributed by atoms with Gasteiger partial charge in [0.25, 0.3) is 0 Å². The Morgan fingerprint density at radius 2 is 1.10 bits per heavy atom. The Labute approximate surface area is 430 Å². The van der Waals surface area contributed by atoms with E-state index >= 15 is 0 Å². The van der Waals surface area contributed by atoms with Gasteiger partial charge >= 0.3 is 0 Å². The zero-order valence-corrected chi connectivity index (χ0v) is 42.7. The summed E-state index contributed by atoms with van der Waals surface area (Å²) in [6.45, 7) is 8.95. The van der Waals surface area contributed by atoms with Crippen molar-refractivity contribution in [2.24, 2.45) is 0 Å². The summed E-state index contributed by atoms with van der Waals surface area (Å²) in [4.78, 5) is 9.61. The minimum atomic E-state index is -2.88. The van der Waals surface area contributed by atoms with Gasteiger partial charge in [-0.3, -0.25) is 0 Å². The van der Waals surface area contributed by atoms with Gasteiger partial charge in [-0.15, -0.1) is 53.3 Å². The molecule has 346 valence electrons. The molecule has 0 amide bonds. The quantitative estimate of drug-likeness (QED) is 0.107. The normalized spacial score (nSPS) is 13.5. The molecule has 0 saturated heterocycles. The van der Waals surface area contributed by atoms with Gasteiger partial charge in [-0.1, -0.05) is 190 Å². The van der Waals surface area contributed by atoms with E-state index in [-0.39, 0.29) is 26.5 Å². The number of benzene rings is 9. The van der Waals surface area contributed by atoms with E-state index in [9.17, 15) is 0 Å². The number of para-hydroxylation sites is 3. The largest absolute Gasteiger partial charge is 0.509 e. The minimum absolute atomic E-state index is 0. The van der Waals surface area contributed by atoms with Gasteiger partial charge in [0.05, 0.1) is 0 Å². The molecule has 2 aliphatic rings. The van der Waals surface area contributed by atoms with Crippen molar-refractivity contribution in [1.82, 2.24) is 9.55 Å². The molecular weight excluding hydrogens is 1060 g/mol. The molecule has 0 unspecified atom stereocenters. The Hall–Kier alpha value is -7.76. The third-order valence-electron chi connectivity index (χ3n) is 14.2. The maximum atomic E-state index is 7.12. The number of pyridine rings is 1. The second-order valence-electron chi connectivity index (χ2n) is 19.2. The van der Waals surface area contributed by atoms with Gasteiger partial charge in [-0.25, -0.2) is 4.98 Å².